The van der Waals surface area contributed by atoms with Crippen molar-refractivity contribution in [3.63, 3.8) is 0 Å². The Morgan fingerprint density at radius 3 is 2.42 bits per heavy atom. The molecule has 2 atom stereocenters. The van der Waals surface area contributed by atoms with Crippen molar-refractivity contribution in [1.82, 2.24) is 4.90 Å². The summed E-state index contributed by atoms with van der Waals surface area (Å²) in [6, 6.07) is -1.07. The lowest BCUT2D eigenvalue weighted by atomic mass is 9.86. The van der Waals surface area contributed by atoms with E-state index in [0.29, 0.717) is 6.42 Å². The Hall–Kier alpha value is -0.660. The molecule has 0 aliphatic carbocycles. The summed E-state index contributed by atoms with van der Waals surface area (Å²) < 4.78 is 23.0. The van der Waals surface area contributed by atoms with Crippen molar-refractivity contribution in [3.05, 3.63) is 0 Å². The first kappa shape index (κ1) is 16.4. The van der Waals surface area contributed by atoms with Crippen LogP contribution in [0.1, 0.15) is 27.2 Å². The monoisotopic (exact) mass is 292 g/mol. The first-order valence-corrected chi connectivity index (χ1v) is 8.28. The van der Waals surface area contributed by atoms with Gasteiger partial charge in [0.2, 0.25) is 5.91 Å². The molecule has 1 unspecified atom stereocenters. The zero-order valence-corrected chi connectivity index (χ0v) is 12.6. The highest BCUT2D eigenvalue weighted by atomic mass is 32.2. The highest BCUT2D eigenvalue weighted by Gasteiger charge is 2.38. The Bertz CT molecular complexity index is 428. The van der Waals surface area contributed by atoms with Gasteiger partial charge in [-0.05, 0) is 11.8 Å². The van der Waals surface area contributed by atoms with Gasteiger partial charge in [0.15, 0.2) is 9.84 Å². The van der Waals surface area contributed by atoms with Crippen molar-refractivity contribution in [2.75, 3.05) is 24.7 Å². The van der Waals surface area contributed by atoms with Crippen LogP contribution in [0, 0.1) is 5.41 Å². The minimum atomic E-state index is -3.07. The Labute approximate surface area is 114 Å². The van der Waals surface area contributed by atoms with E-state index >= 15 is 0 Å². The number of sulfone groups is 1. The fourth-order valence-electron chi connectivity index (χ4n) is 2.15. The van der Waals surface area contributed by atoms with Crippen LogP contribution < -0.4 is 5.73 Å². The van der Waals surface area contributed by atoms with Gasteiger partial charge in [-0.3, -0.25) is 4.79 Å². The number of nitrogens with zero attached hydrogens (tertiary/aromatic N) is 1. The summed E-state index contributed by atoms with van der Waals surface area (Å²) in [5.74, 6) is -0.226. The molecule has 0 spiro atoms. The quantitative estimate of drug-likeness (QED) is 0.718. The number of aliphatic hydroxyl groups excluding tert-OH is 1. The molecule has 6 nitrogen and oxygen atoms in total. The van der Waals surface area contributed by atoms with Gasteiger partial charge in [0, 0.05) is 12.6 Å². The van der Waals surface area contributed by atoms with E-state index in [9.17, 15) is 13.2 Å². The molecule has 0 saturated carbocycles. The van der Waals surface area contributed by atoms with Crippen LogP contribution in [0.15, 0.2) is 0 Å². The van der Waals surface area contributed by atoms with Crippen molar-refractivity contribution >= 4 is 15.7 Å². The van der Waals surface area contributed by atoms with Gasteiger partial charge >= 0.3 is 0 Å². The highest BCUT2D eigenvalue weighted by molar-refractivity contribution is 7.91. The smallest absolute Gasteiger partial charge is 0.240 e. The van der Waals surface area contributed by atoms with Gasteiger partial charge in [0.05, 0.1) is 24.2 Å². The molecular weight excluding hydrogens is 268 g/mol. The maximum absolute atomic E-state index is 12.4. The number of rotatable bonds is 4. The van der Waals surface area contributed by atoms with E-state index in [1.54, 1.807) is 0 Å². The van der Waals surface area contributed by atoms with Crippen LogP contribution in [0.2, 0.25) is 0 Å². The summed E-state index contributed by atoms with van der Waals surface area (Å²) in [5.41, 5.74) is 5.54. The molecule has 0 aromatic heterocycles. The molecule has 112 valence electrons. The average molecular weight is 292 g/mol. The van der Waals surface area contributed by atoms with Crippen LogP contribution in [0.3, 0.4) is 0 Å². The third-order valence-electron chi connectivity index (χ3n) is 3.47. The van der Waals surface area contributed by atoms with Crippen molar-refractivity contribution in [2.24, 2.45) is 11.1 Å². The largest absolute Gasteiger partial charge is 0.395 e. The minimum Gasteiger partial charge on any atom is -0.395 e. The summed E-state index contributed by atoms with van der Waals surface area (Å²) >= 11 is 0. The van der Waals surface area contributed by atoms with Crippen LogP contribution in [-0.4, -0.2) is 61.1 Å². The second-order valence-corrected chi connectivity index (χ2v) is 8.38. The molecule has 1 saturated heterocycles. The summed E-state index contributed by atoms with van der Waals surface area (Å²) in [6.07, 6.45) is 0.422. The first-order valence-electron chi connectivity index (χ1n) is 6.46. The fraction of sp³-hybridized carbons (Fsp3) is 0.917. The van der Waals surface area contributed by atoms with Crippen LogP contribution in [0.4, 0.5) is 0 Å². The fourth-order valence-corrected chi connectivity index (χ4v) is 3.88. The molecule has 1 fully saturated rings. The molecule has 0 aromatic carbocycles. The third-order valence-corrected chi connectivity index (χ3v) is 5.22. The Kier molecular flexibility index (Phi) is 4.97. The van der Waals surface area contributed by atoms with E-state index in [1.165, 1.54) is 4.90 Å². The Morgan fingerprint density at radius 2 is 2.05 bits per heavy atom. The predicted octanol–water partition coefficient (Wildman–Crippen LogP) is -0.632. The number of hydrogen-bond donors (Lipinski definition) is 2. The summed E-state index contributed by atoms with van der Waals surface area (Å²) in [4.78, 5) is 13.8. The normalized spacial score (nSPS) is 24.2. The maximum Gasteiger partial charge on any atom is 0.240 e. The number of carbonyl (C=O) groups is 1. The van der Waals surface area contributed by atoms with Crippen LogP contribution in [0.5, 0.6) is 0 Å². The zero-order valence-electron chi connectivity index (χ0n) is 11.8. The van der Waals surface area contributed by atoms with Crippen molar-refractivity contribution in [3.8, 4) is 0 Å². The van der Waals surface area contributed by atoms with Crippen LogP contribution in [-0.2, 0) is 14.6 Å². The third kappa shape index (κ3) is 4.15. The Morgan fingerprint density at radius 1 is 1.47 bits per heavy atom. The molecule has 3 N–H and O–H groups in total. The van der Waals surface area contributed by atoms with Crippen molar-refractivity contribution in [1.29, 1.82) is 0 Å². The average Bonchev–Trinajstić information content (AvgIpc) is 2.63. The van der Waals surface area contributed by atoms with E-state index in [2.05, 4.69) is 0 Å². The highest BCUT2D eigenvalue weighted by Crippen LogP contribution is 2.23. The molecule has 0 radical (unpaired) electrons. The molecule has 1 rings (SSSR count). The van der Waals surface area contributed by atoms with E-state index in [0.717, 1.165) is 0 Å². The van der Waals surface area contributed by atoms with Gasteiger partial charge in [-0.25, -0.2) is 8.42 Å². The number of aliphatic hydroxyl groups is 1. The number of amides is 1. The standard InChI is InChI=1S/C12H24N2O4S/c1-12(2,3)10(13)11(16)14(5-6-15)9-4-7-19(17,18)8-9/h9-10,15H,4-8,13H2,1-3H3/t9?,10-/m0/s1. The van der Waals surface area contributed by atoms with Crippen molar-refractivity contribution < 1.29 is 18.3 Å². The van der Waals surface area contributed by atoms with Gasteiger partial charge in [0.1, 0.15) is 0 Å². The molecule has 0 aromatic rings. The number of nitrogens with two attached hydrogens (primary N) is 1. The molecule has 7 heteroatoms. The van der Waals surface area contributed by atoms with Gasteiger partial charge < -0.3 is 15.7 Å². The first-order chi connectivity index (χ1) is 8.58. The topological polar surface area (TPSA) is 101 Å². The summed E-state index contributed by atoms with van der Waals surface area (Å²) in [6.45, 7) is 5.51. The van der Waals surface area contributed by atoms with E-state index in [-0.39, 0.29) is 36.6 Å². The molecule has 0 bridgehead atoms. The molecule has 1 aliphatic heterocycles. The summed E-state index contributed by atoms with van der Waals surface area (Å²) in [5, 5.41) is 9.08. The van der Waals surface area contributed by atoms with Crippen LogP contribution >= 0.6 is 0 Å². The predicted molar refractivity (Wildman–Crippen MR) is 73.3 cm³/mol. The van der Waals surface area contributed by atoms with Gasteiger partial charge in [-0.2, -0.15) is 0 Å². The molecule has 1 aliphatic rings. The van der Waals surface area contributed by atoms with E-state index < -0.39 is 21.3 Å². The number of hydrogen-bond acceptors (Lipinski definition) is 5. The molecule has 1 heterocycles. The van der Waals surface area contributed by atoms with Crippen LogP contribution in [0.25, 0.3) is 0 Å². The Balaban J connectivity index is 2.87. The summed E-state index contributed by atoms with van der Waals surface area (Å²) in [7, 11) is -3.07. The second kappa shape index (κ2) is 5.76. The van der Waals surface area contributed by atoms with Gasteiger partial charge in [-0.1, -0.05) is 20.8 Å². The zero-order chi connectivity index (χ0) is 14.8. The minimum absolute atomic E-state index is 0.0321. The van der Waals surface area contributed by atoms with Gasteiger partial charge in [0.25, 0.3) is 0 Å². The maximum atomic E-state index is 12.4. The van der Waals surface area contributed by atoms with Crippen molar-refractivity contribution in [2.45, 2.75) is 39.3 Å². The molecular formula is C12H24N2O4S. The van der Waals surface area contributed by atoms with E-state index in [1.807, 2.05) is 20.8 Å². The molecule has 19 heavy (non-hydrogen) atoms. The second-order valence-electron chi connectivity index (χ2n) is 6.16. The van der Waals surface area contributed by atoms with E-state index in [4.69, 9.17) is 10.8 Å². The molecule has 1 amide bonds. The lowest BCUT2D eigenvalue weighted by Gasteiger charge is -2.34. The van der Waals surface area contributed by atoms with Gasteiger partial charge in [-0.15, -0.1) is 0 Å². The lowest BCUT2D eigenvalue weighted by Crippen LogP contribution is -2.54. The number of carbonyl (C=O) groups excluding carboxylic acids is 1. The lowest BCUT2D eigenvalue weighted by molar-refractivity contribution is -0.137. The SMILES string of the molecule is CC(C)(C)[C@@H](N)C(=O)N(CCO)C1CCS(=O)(=O)C1.